The fourth-order valence-electron chi connectivity index (χ4n) is 5.91. The van der Waals surface area contributed by atoms with Crippen LogP contribution in [-0.4, -0.2) is 74.3 Å². The quantitative estimate of drug-likeness (QED) is 0.447. The summed E-state index contributed by atoms with van der Waals surface area (Å²) in [6, 6.07) is 8.40. The smallest absolute Gasteiger partial charge is 0.259 e. The van der Waals surface area contributed by atoms with Crippen LogP contribution in [0.25, 0.3) is 21.8 Å². The predicted molar refractivity (Wildman–Crippen MR) is 146 cm³/mol. The molecule has 6 rings (SSSR count). The molecule has 2 aliphatic rings. The summed E-state index contributed by atoms with van der Waals surface area (Å²) in [6.07, 6.45) is 5.20. The van der Waals surface area contributed by atoms with E-state index in [1.54, 1.807) is 6.20 Å². The summed E-state index contributed by atoms with van der Waals surface area (Å²) in [5.41, 5.74) is 5.17. The Labute approximate surface area is 221 Å². The van der Waals surface area contributed by atoms with Gasteiger partial charge in [-0.2, -0.15) is 5.10 Å². The maximum atomic E-state index is 13.8. The van der Waals surface area contributed by atoms with Gasteiger partial charge in [0.1, 0.15) is 0 Å². The lowest BCUT2D eigenvalue weighted by Gasteiger charge is -2.40. The van der Waals surface area contributed by atoms with Crippen LogP contribution < -0.4 is 5.56 Å². The third kappa shape index (κ3) is 4.50. The van der Waals surface area contributed by atoms with Gasteiger partial charge in [0.05, 0.1) is 34.4 Å². The van der Waals surface area contributed by atoms with E-state index < -0.39 is 0 Å². The molecule has 1 N–H and O–H groups in total. The highest BCUT2D eigenvalue weighted by molar-refractivity contribution is 6.07. The number of hydrogen-bond donors (Lipinski definition) is 1. The van der Waals surface area contributed by atoms with Crippen molar-refractivity contribution in [3.63, 3.8) is 0 Å². The first kappa shape index (κ1) is 24.8. The first-order valence-corrected chi connectivity index (χ1v) is 13.5. The van der Waals surface area contributed by atoms with Crippen molar-refractivity contribution in [2.75, 3.05) is 32.8 Å². The molecule has 4 aromatic rings. The first-order chi connectivity index (χ1) is 18.4. The minimum Gasteiger partial charge on any atom is -0.381 e. The zero-order valence-electron chi connectivity index (χ0n) is 22.2. The topological polar surface area (TPSA) is 96.4 Å². The normalized spacial score (nSPS) is 19.4. The van der Waals surface area contributed by atoms with Crippen molar-refractivity contribution in [3.05, 3.63) is 69.4 Å². The molecular weight excluding hydrogens is 480 g/mol. The van der Waals surface area contributed by atoms with E-state index in [9.17, 15) is 9.59 Å². The van der Waals surface area contributed by atoms with Crippen LogP contribution in [0.3, 0.4) is 0 Å². The Kier molecular flexibility index (Phi) is 6.49. The summed E-state index contributed by atoms with van der Waals surface area (Å²) in [5.74, 6) is 0.0288. The summed E-state index contributed by atoms with van der Waals surface area (Å²) in [5, 5.41) is 6.02. The molecule has 0 saturated carbocycles. The van der Waals surface area contributed by atoms with E-state index in [0.717, 1.165) is 53.6 Å². The van der Waals surface area contributed by atoms with Gasteiger partial charge in [0.2, 0.25) is 0 Å². The van der Waals surface area contributed by atoms with Gasteiger partial charge in [-0.15, -0.1) is 0 Å². The fraction of sp³-hybridized carbons (Fsp3) is 0.448. The number of aromatic amines is 1. The number of nitrogens with zero attached hydrogens (tertiary/aromatic N) is 5. The molecule has 0 unspecified atom stereocenters. The van der Waals surface area contributed by atoms with Crippen molar-refractivity contribution in [2.24, 2.45) is 0 Å². The van der Waals surface area contributed by atoms with Gasteiger partial charge in [-0.3, -0.25) is 24.2 Å². The summed E-state index contributed by atoms with van der Waals surface area (Å²) >= 11 is 0. The van der Waals surface area contributed by atoms with Gasteiger partial charge in [0, 0.05) is 62.6 Å². The molecule has 5 heterocycles. The Morgan fingerprint density at radius 3 is 2.71 bits per heavy atom. The fourth-order valence-corrected chi connectivity index (χ4v) is 5.91. The number of rotatable bonds is 4. The van der Waals surface area contributed by atoms with Crippen LogP contribution in [0.15, 0.2) is 41.5 Å². The molecule has 3 aromatic heterocycles. The van der Waals surface area contributed by atoms with Gasteiger partial charge in [-0.1, -0.05) is 0 Å². The minimum atomic E-state index is -0.155. The zero-order valence-corrected chi connectivity index (χ0v) is 22.2. The van der Waals surface area contributed by atoms with Gasteiger partial charge in [-0.05, 0) is 69.0 Å². The average Bonchev–Trinajstić information content (AvgIpc) is 3.36. The molecule has 0 bridgehead atoms. The molecule has 2 fully saturated rings. The molecule has 0 radical (unpaired) electrons. The van der Waals surface area contributed by atoms with Crippen molar-refractivity contribution in [2.45, 2.75) is 52.2 Å². The van der Waals surface area contributed by atoms with E-state index in [1.165, 1.54) is 5.56 Å². The van der Waals surface area contributed by atoms with Crippen molar-refractivity contribution in [3.8, 4) is 0 Å². The number of piperazine rings is 1. The monoisotopic (exact) mass is 514 g/mol. The number of nitrogens with one attached hydrogen (secondary N) is 1. The number of H-pyrrole nitrogens is 1. The largest absolute Gasteiger partial charge is 0.381 e. The molecular formula is C29H34N6O3. The Hall–Kier alpha value is -3.56. The second kappa shape index (κ2) is 9.96. The number of fused-ring (bicyclic) bond motifs is 3. The van der Waals surface area contributed by atoms with Crippen LogP contribution >= 0.6 is 0 Å². The minimum absolute atomic E-state index is 0.0288. The maximum Gasteiger partial charge on any atom is 0.259 e. The first-order valence-electron chi connectivity index (χ1n) is 13.5. The number of amides is 1. The highest BCUT2D eigenvalue weighted by Gasteiger charge is 2.29. The highest BCUT2D eigenvalue weighted by Crippen LogP contribution is 2.30. The Morgan fingerprint density at radius 1 is 1.13 bits per heavy atom. The van der Waals surface area contributed by atoms with E-state index in [0.29, 0.717) is 37.3 Å². The Bertz CT molecular complexity index is 1570. The van der Waals surface area contributed by atoms with Gasteiger partial charge in [0.25, 0.3) is 11.5 Å². The maximum absolute atomic E-state index is 13.8. The number of carbonyl (C=O) groups is 1. The molecule has 0 aliphatic carbocycles. The van der Waals surface area contributed by atoms with Crippen LogP contribution in [0.1, 0.15) is 53.0 Å². The van der Waals surface area contributed by atoms with Crippen molar-refractivity contribution >= 4 is 27.7 Å². The van der Waals surface area contributed by atoms with Gasteiger partial charge in [0.15, 0.2) is 0 Å². The number of aryl methyl sites for hydroxylation is 2. The average molecular weight is 515 g/mol. The molecule has 1 atom stereocenters. The summed E-state index contributed by atoms with van der Waals surface area (Å²) in [7, 11) is 0. The van der Waals surface area contributed by atoms with Gasteiger partial charge in [-0.25, -0.2) is 0 Å². The lowest BCUT2D eigenvalue weighted by molar-refractivity contribution is 0.0491. The van der Waals surface area contributed by atoms with Crippen LogP contribution in [-0.2, 0) is 11.3 Å². The summed E-state index contributed by atoms with van der Waals surface area (Å²) < 4.78 is 7.51. The summed E-state index contributed by atoms with van der Waals surface area (Å²) in [4.78, 5) is 38.6. The molecule has 38 heavy (non-hydrogen) atoms. The molecule has 2 saturated heterocycles. The van der Waals surface area contributed by atoms with E-state index >= 15 is 0 Å². The molecule has 198 valence electrons. The second-order valence-corrected chi connectivity index (χ2v) is 10.8. The van der Waals surface area contributed by atoms with Crippen LogP contribution in [0.4, 0.5) is 0 Å². The molecule has 1 amide bonds. The van der Waals surface area contributed by atoms with E-state index in [1.807, 2.05) is 40.9 Å². The van der Waals surface area contributed by atoms with Crippen molar-refractivity contribution < 1.29 is 9.53 Å². The Morgan fingerprint density at radius 2 is 1.95 bits per heavy atom. The summed E-state index contributed by atoms with van der Waals surface area (Å²) in [6.45, 7) is 10.4. The van der Waals surface area contributed by atoms with Gasteiger partial charge < -0.3 is 14.6 Å². The van der Waals surface area contributed by atoms with Crippen LogP contribution in [0.5, 0.6) is 0 Å². The van der Waals surface area contributed by atoms with Gasteiger partial charge >= 0.3 is 0 Å². The molecule has 9 heteroatoms. The predicted octanol–water partition coefficient (Wildman–Crippen LogP) is 3.59. The van der Waals surface area contributed by atoms with E-state index in [-0.39, 0.29) is 23.6 Å². The standard InChI is InChI=1S/C29H34N6O3/c1-18-4-7-30-21(12-18)17-33-8-9-34(16-20(33)3)29(37)23-14-24-26(13-19(23)2)32-28(36)25-15-31-35(27(24)25)22-5-10-38-11-6-22/h4,7,12-15,20,22H,5-6,8-11,16-17H2,1-3H3,(H,32,36)/t20-/m0/s1. The lowest BCUT2D eigenvalue weighted by Crippen LogP contribution is -2.53. The molecule has 0 spiro atoms. The lowest BCUT2D eigenvalue weighted by atomic mass is 10.0. The number of ether oxygens (including phenoxy) is 1. The number of aromatic nitrogens is 4. The second-order valence-electron chi connectivity index (χ2n) is 10.8. The SMILES string of the molecule is Cc1ccnc(CN2CCN(C(=O)c3cc4c(cc3C)[nH]c(=O)c3cnn(C5CCOCC5)c34)C[C@@H]2C)c1. The third-order valence-electron chi connectivity index (χ3n) is 8.06. The van der Waals surface area contributed by atoms with E-state index in [4.69, 9.17) is 4.74 Å². The number of hydrogen-bond acceptors (Lipinski definition) is 6. The highest BCUT2D eigenvalue weighted by atomic mass is 16.5. The van der Waals surface area contributed by atoms with Crippen LogP contribution in [0, 0.1) is 13.8 Å². The van der Waals surface area contributed by atoms with Crippen molar-refractivity contribution in [1.82, 2.24) is 29.5 Å². The number of carbonyl (C=O) groups excluding carboxylic acids is 1. The zero-order chi connectivity index (χ0) is 26.4. The van der Waals surface area contributed by atoms with Crippen LogP contribution in [0.2, 0.25) is 0 Å². The molecule has 2 aliphatic heterocycles. The van der Waals surface area contributed by atoms with Crippen molar-refractivity contribution in [1.29, 1.82) is 0 Å². The molecule has 9 nitrogen and oxygen atoms in total. The third-order valence-corrected chi connectivity index (χ3v) is 8.06. The number of pyridine rings is 2. The van der Waals surface area contributed by atoms with E-state index in [2.05, 4.69) is 39.9 Å². The Balaban J connectivity index is 1.30. The molecule has 1 aromatic carbocycles. The number of benzene rings is 1.